The molecule has 2 rings (SSSR count). The number of hydrogen-bond donors (Lipinski definition) is 1. The first-order chi connectivity index (χ1) is 9.38. The van der Waals surface area contributed by atoms with E-state index in [1.165, 1.54) is 0 Å². The number of oxazole rings is 1. The van der Waals surface area contributed by atoms with E-state index >= 15 is 0 Å². The van der Waals surface area contributed by atoms with Gasteiger partial charge in [0, 0.05) is 26.7 Å². The lowest BCUT2D eigenvalue weighted by Gasteiger charge is -2.15. The van der Waals surface area contributed by atoms with Gasteiger partial charge in [-0.05, 0) is 25.1 Å². The number of nitrogens with one attached hydrogen (secondary N) is 1. The van der Waals surface area contributed by atoms with Crippen molar-refractivity contribution in [2.75, 3.05) is 24.3 Å². The number of halogens is 1. The Balaban J connectivity index is 2.20. The lowest BCUT2D eigenvalue weighted by molar-refractivity contribution is 0.0994. The molecule has 2 aromatic rings. The van der Waals surface area contributed by atoms with Gasteiger partial charge in [-0.15, -0.1) is 0 Å². The smallest absolute Gasteiger partial charge is 0.293 e. The van der Waals surface area contributed by atoms with Crippen LogP contribution in [0.1, 0.15) is 22.1 Å². The first kappa shape index (κ1) is 14.4. The molecule has 6 heteroatoms. The average molecular weight is 294 g/mol. The minimum absolute atomic E-state index is 0.218. The van der Waals surface area contributed by atoms with Crippen LogP contribution in [0.15, 0.2) is 22.6 Å². The second-order valence-electron chi connectivity index (χ2n) is 4.66. The van der Waals surface area contributed by atoms with Gasteiger partial charge in [-0.3, -0.25) is 4.79 Å². The van der Waals surface area contributed by atoms with Crippen LogP contribution in [-0.2, 0) is 0 Å². The zero-order valence-corrected chi connectivity index (χ0v) is 12.6. The maximum absolute atomic E-state index is 12.1. The molecule has 1 heterocycles. The van der Waals surface area contributed by atoms with Crippen molar-refractivity contribution in [3.05, 3.63) is 40.6 Å². The number of hydrogen-bond acceptors (Lipinski definition) is 4. The molecule has 0 aliphatic carbocycles. The van der Waals surface area contributed by atoms with Crippen molar-refractivity contribution < 1.29 is 9.21 Å². The van der Waals surface area contributed by atoms with Crippen LogP contribution in [0, 0.1) is 13.8 Å². The summed E-state index contributed by atoms with van der Waals surface area (Å²) in [7, 11) is 3.81. The van der Waals surface area contributed by atoms with Crippen molar-refractivity contribution in [3.63, 3.8) is 0 Å². The number of anilines is 2. The van der Waals surface area contributed by atoms with Crippen LogP contribution in [0.5, 0.6) is 0 Å². The number of amides is 1. The molecule has 0 aliphatic rings. The molecule has 0 spiro atoms. The monoisotopic (exact) mass is 293 g/mol. The summed E-state index contributed by atoms with van der Waals surface area (Å²) < 4.78 is 5.28. The molecule has 1 aromatic heterocycles. The zero-order chi connectivity index (χ0) is 14.9. The van der Waals surface area contributed by atoms with E-state index in [0.717, 1.165) is 5.69 Å². The molecule has 0 saturated heterocycles. The molecular weight excluding hydrogens is 278 g/mol. The van der Waals surface area contributed by atoms with E-state index in [4.69, 9.17) is 16.0 Å². The van der Waals surface area contributed by atoms with E-state index in [2.05, 4.69) is 10.3 Å². The van der Waals surface area contributed by atoms with Crippen LogP contribution < -0.4 is 10.2 Å². The fourth-order valence-electron chi connectivity index (χ4n) is 1.88. The number of benzene rings is 1. The molecule has 0 aliphatic heterocycles. The van der Waals surface area contributed by atoms with E-state index in [9.17, 15) is 4.79 Å². The summed E-state index contributed by atoms with van der Waals surface area (Å²) in [6.07, 6.45) is 0. The van der Waals surface area contributed by atoms with Crippen molar-refractivity contribution in [2.45, 2.75) is 13.8 Å². The lowest BCUT2D eigenvalue weighted by atomic mass is 10.2. The van der Waals surface area contributed by atoms with Crippen molar-refractivity contribution >= 4 is 28.9 Å². The van der Waals surface area contributed by atoms with Crippen LogP contribution in [-0.4, -0.2) is 25.0 Å². The summed E-state index contributed by atoms with van der Waals surface area (Å²) in [6, 6.07) is 5.33. The predicted octanol–water partition coefficient (Wildman–Crippen LogP) is 3.26. The van der Waals surface area contributed by atoms with Gasteiger partial charge in [0.15, 0.2) is 5.89 Å². The maximum atomic E-state index is 12.1. The van der Waals surface area contributed by atoms with E-state index < -0.39 is 0 Å². The molecule has 1 N–H and O–H groups in total. The van der Waals surface area contributed by atoms with E-state index in [1.54, 1.807) is 26.0 Å². The third-order valence-corrected chi connectivity index (χ3v) is 3.10. The Morgan fingerprint density at radius 1 is 1.35 bits per heavy atom. The number of nitrogens with zero attached hydrogens (tertiary/aromatic N) is 2. The third-order valence-electron chi connectivity index (χ3n) is 2.80. The topological polar surface area (TPSA) is 58.4 Å². The van der Waals surface area contributed by atoms with Gasteiger partial charge in [-0.2, -0.15) is 0 Å². The Morgan fingerprint density at radius 3 is 2.55 bits per heavy atom. The second-order valence-corrected chi connectivity index (χ2v) is 5.07. The Bertz CT molecular complexity index is 650. The summed E-state index contributed by atoms with van der Waals surface area (Å²) in [6.45, 7) is 3.43. The lowest BCUT2D eigenvalue weighted by Crippen LogP contribution is -2.13. The van der Waals surface area contributed by atoms with Crippen molar-refractivity contribution in [3.8, 4) is 0 Å². The van der Waals surface area contributed by atoms with Gasteiger partial charge < -0.3 is 14.6 Å². The number of carbonyl (C=O) groups excluding carboxylic acids is 1. The van der Waals surface area contributed by atoms with Crippen molar-refractivity contribution in [2.24, 2.45) is 0 Å². The summed E-state index contributed by atoms with van der Waals surface area (Å²) >= 11 is 6.16. The summed E-state index contributed by atoms with van der Waals surface area (Å²) in [5.41, 5.74) is 2.06. The highest BCUT2D eigenvalue weighted by Gasteiger charge is 2.16. The van der Waals surface area contributed by atoms with Crippen molar-refractivity contribution in [1.29, 1.82) is 0 Å². The largest absolute Gasteiger partial charge is 0.436 e. The fraction of sp³-hybridized carbons (Fsp3) is 0.286. The Hall–Kier alpha value is -2.01. The number of aryl methyl sites for hydroxylation is 2. The Morgan fingerprint density at radius 2 is 2.05 bits per heavy atom. The molecule has 0 atom stereocenters. The van der Waals surface area contributed by atoms with Gasteiger partial charge in [0.2, 0.25) is 5.76 Å². The average Bonchev–Trinajstić information content (AvgIpc) is 2.68. The normalized spacial score (nSPS) is 10.4. The number of carbonyl (C=O) groups is 1. The van der Waals surface area contributed by atoms with E-state index in [1.807, 2.05) is 25.1 Å². The quantitative estimate of drug-likeness (QED) is 0.943. The number of aromatic nitrogens is 1. The molecular formula is C14H16ClN3O2. The molecule has 0 saturated carbocycles. The van der Waals surface area contributed by atoms with Crippen LogP contribution in [0.3, 0.4) is 0 Å². The first-order valence-electron chi connectivity index (χ1n) is 6.10. The molecule has 0 unspecified atom stereocenters. The highest BCUT2D eigenvalue weighted by molar-refractivity contribution is 6.33. The standard InChI is InChI=1S/C14H16ClN3O2/c1-8-13(20-9(2)16-8)14(19)17-10-5-6-12(18(3)4)11(15)7-10/h5-7H,1-4H3,(H,17,19). The molecule has 20 heavy (non-hydrogen) atoms. The molecule has 106 valence electrons. The summed E-state index contributed by atoms with van der Waals surface area (Å²) in [5, 5.41) is 3.31. The predicted molar refractivity (Wildman–Crippen MR) is 79.7 cm³/mol. The summed E-state index contributed by atoms with van der Waals surface area (Å²) in [4.78, 5) is 18.0. The van der Waals surface area contributed by atoms with Crippen LogP contribution in [0.2, 0.25) is 5.02 Å². The summed E-state index contributed by atoms with van der Waals surface area (Å²) in [5.74, 6) is 0.348. The molecule has 1 aromatic carbocycles. The molecule has 0 radical (unpaired) electrons. The van der Waals surface area contributed by atoms with Gasteiger partial charge in [-0.1, -0.05) is 11.6 Å². The SMILES string of the molecule is Cc1nc(C)c(C(=O)Nc2ccc(N(C)C)c(Cl)c2)o1. The zero-order valence-electron chi connectivity index (χ0n) is 11.8. The van der Waals surface area contributed by atoms with Crippen molar-refractivity contribution in [1.82, 2.24) is 4.98 Å². The molecule has 0 fully saturated rings. The first-order valence-corrected chi connectivity index (χ1v) is 6.48. The molecule has 5 nitrogen and oxygen atoms in total. The highest BCUT2D eigenvalue weighted by atomic mass is 35.5. The van der Waals surface area contributed by atoms with Crippen LogP contribution in [0.4, 0.5) is 11.4 Å². The minimum Gasteiger partial charge on any atom is -0.436 e. The van der Waals surface area contributed by atoms with E-state index in [-0.39, 0.29) is 11.7 Å². The van der Waals surface area contributed by atoms with Gasteiger partial charge >= 0.3 is 0 Å². The van der Waals surface area contributed by atoms with Crippen LogP contribution >= 0.6 is 11.6 Å². The van der Waals surface area contributed by atoms with Gasteiger partial charge in [0.05, 0.1) is 16.4 Å². The van der Waals surface area contributed by atoms with Gasteiger partial charge in [0.1, 0.15) is 0 Å². The molecule has 0 bridgehead atoms. The maximum Gasteiger partial charge on any atom is 0.293 e. The number of rotatable bonds is 3. The van der Waals surface area contributed by atoms with Crippen LogP contribution in [0.25, 0.3) is 0 Å². The highest BCUT2D eigenvalue weighted by Crippen LogP contribution is 2.27. The second kappa shape index (κ2) is 5.54. The Labute approximate surface area is 122 Å². The Kier molecular flexibility index (Phi) is 3.99. The fourth-order valence-corrected chi connectivity index (χ4v) is 2.23. The third kappa shape index (κ3) is 2.93. The molecule has 1 amide bonds. The minimum atomic E-state index is -0.336. The van der Waals surface area contributed by atoms with E-state index in [0.29, 0.717) is 22.3 Å². The van der Waals surface area contributed by atoms with Gasteiger partial charge in [0.25, 0.3) is 5.91 Å². The van der Waals surface area contributed by atoms with Gasteiger partial charge in [-0.25, -0.2) is 4.98 Å².